The molecule has 0 bridgehead atoms. The number of hydrogen-bond donors (Lipinski definition) is 2. The lowest BCUT2D eigenvalue weighted by Gasteiger charge is -1.99. The second-order valence-corrected chi connectivity index (χ2v) is 4.67. The summed E-state index contributed by atoms with van der Waals surface area (Å²) in [6.07, 6.45) is 6.86. The van der Waals surface area contributed by atoms with Crippen molar-refractivity contribution in [1.29, 1.82) is 0 Å². The van der Waals surface area contributed by atoms with Crippen molar-refractivity contribution in [1.82, 2.24) is 15.0 Å². The maximum Gasteiger partial charge on any atom is 0.328 e. The molecule has 2 N–H and O–H groups in total. The van der Waals surface area contributed by atoms with Gasteiger partial charge in [0.25, 0.3) is 0 Å². The summed E-state index contributed by atoms with van der Waals surface area (Å²) in [6, 6.07) is 9.58. The number of carbonyl (C=O) groups is 1. The van der Waals surface area contributed by atoms with Gasteiger partial charge < -0.3 is 10.1 Å². The van der Waals surface area contributed by atoms with Gasteiger partial charge >= 0.3 is 5.97 Å². The fraction of sp³-hybridized carbons (Fsp3) is 0.0625. The monoisotopic (exact) mass is 279 g/mol. The van der Waals surface area contributed by atoms with E-state index in [9.17, 15) is 4.79 Å². The molecule has 3 aromatic rings. The first kappa shape index (κ1) is 13.1. The zero-order chi connectivity index (χ0) is 14.7. The van der Waals surface area contributed by atoms with Crippen molar-refractivity contribution < 1.29 is 9.90 Å². The number of rotatable bonds is 4. The summed E-state index contributed by atoms with van der Waals surface area (Å²) in [6.45, 7) is 0. The van der Waals surface area contributed by atoms with Crippen molar-refractivity contribution in [2.24, 2.45) is 0 Å². The molecule has 21 heavy (non-hydrogen) atoms. The minimum absolute atomic E-state index is 0.692. The number of fused-ring (bicyclic) bond motifs is 1. The molecule has 0 saturated heterocycles. The Kier molecular flexibility index (Phi) is 3.47. The van der Waals surface area contributed by atoms with E-state index in [1.54, 1.807) is 18.5 Å². The second kappa shape index (κ2) is 5.58. The van der Waals surface area contributed by atoms with Crippen LogP contribution in [0.5, 0.6) is 0 Å². The van der Waals surface area contributed by atoms with Gasteiger partial charge in [0.15, 0.2) is 0 Å². The van der Waals surface area contributed by atoms with E-state index < -0.39 is 5.97 Å². The van der Waals surface area contributed by atoms with E-state index in [0.717, 1.165) is 34.1 Å². The smallest absolute Gasteiger partial charge is 0.328 e. The molecule has 0 saturated carbocycles. The normalized spacial score (nSPS) is 11.2. The Morgan fingerprint density at radius 1 is 1.24 bits per heavy atom. The predicted molar refractivity (Wildman–Crippen MR) is 79.8 cm³/mol. The Morgan fingerprint density at radius 3 is 2.76 bits per heavy atom. The van der Waals surface area contributed by atoms with Crippen LogP contribution in [0.15, 0.2) is 48.8 Å². The molecule has 0 amide bonds. The first-order valence-electron chi connectivity index (χ1n) is 6.49. The van der Waals surface area contributed by atoms with Crippen LogP contribution in [0.2, 0.25) is 0 Å². The first-order valence-corrected chi connectivity index (χ1v) is 6.49. The number of carboxylic acids is 1. The van der Waals surface area contributed by atoms with Crippen LogP contribution < -0.4 is 0 Å². The number of pyridine rings is 1. The Morgan fingerprint density at radius 2 is 2.05 bits per heavy atom. The SMILES string of the molecule is O=C(O)C=Cc1ccc(Cc2nc3ccncc3[nH]2)cc1. The molecule has 0 unspecified atom stereocenters. The number of nitrogens with zero attached hydrogens (tertiary/aromatic N) is 2. The summed E-state index contributed by atoms with van der Waals surface area (Å²) in [5, 5.41) is 8.59. The number of imidazole rings is 1. The van der Waals surface area contributed by atoms with Crippen molar-refractivity contribution in [3.63, 3.8) is 0 Å². The van der Waals surface area contributed by atoms with E-state index in [2.05, 4.69) is 15.0 Å². The number of H-pyrrole nitrogens is 1. The first-order chi connectivity index (χ1) is 10.2. The van der Waals surface area contributed by atoms with Crippen LogP contribution in [0.3, 0.4) is 0 Å². The van der Waals surface area contributed by atoms with Crippen molar-refractivity contribution in [3.8, 4) is 0 Å². The van der Waals surface area contributed by atoms with Gasteiger partial charge in [-0.05, 0) is 23.3 Å². The minimum Gasteiger partial charge on any atom is -0.478 e. The quantitative estimate of drug-likeness (QED) is 0.720. The summed E-state index contributed by atoms with van der Waals surface area (Å²) < 4.78 is 0. The number of nitrogens with one attached hydrogen (secondary N) is 1. The second-order valence-electron chi connectivity index (χ2n) is 4.67. The third-order valence-corrected chi connectivity index (χ3v) is 3.10. The van der Waals surface area contributed by atoms with Gasteiger partial charge in [-0.3, -0.25) is 4.98 Å². The topological polar surface area (TPSA) is 78.9 Å². The molecule has 1 aromatic carbocycles. The van der Waals surface area contributed by atoms with Gasteiger partial charge in [0.05, 0.1) is 17.2 Å². The van der Waals surface area contributed by atoms with E-state index in [-0.39, 0.29) is 0 Å². The lowest BCUT2D eigenvalue weighted by atomic mass is 10.1. The summed E-state index contributed by atoms with van der Waals surface area (Å²) in [5.41, 5.74) is 3.79. The Balaban J connectivity index is 1.77. The van der Waals surface area contributed by atoms with E-state index in [1.807, 2.05) is 30.3 Å². The van der Waals surface area contributed by atoms with Gasteiger partial charge in [-0.2, -0.15) is 0 Å². The lowest BCUT2D eigenvalue weighted by Crippen LogP contribution is -1.91. The van der Waals surface area contributed by atoms with Gasteiger partial charge in [-0.25, -0.2) is 9.78 Å². The molecular weight excluding hydrogens is 266 g/mol. The third-order valence-electron chi connectivity index (χ3n) is 3.10. The number of aliphatic carboxylic acids is 1. The standard InChI is InChI=1S/C16H13N3O2/c20-16(21)6-5-11-1-3-12(4-2-11)9-15-18-13-7-8-17-10-14(13)19-15/h1-8,10H,9H2,(H,18,19)(H,20,21). The predicted octanol–water partition coefficient (Wildman–Crippen LogP) is 2.65. The minimum atomic E-state index is -0.949. The number of carboxylic acid groups (broad SMARTS) is 1. The van der Waals surface area contributed by atoms with Gasteiger partial charge in [-0.1, -0.05) is 24.3 Å². The molecule has 0 radical (unpaired) electrons. The molecule has 0 atom stereocenters. The zero-order valence-electron chi connectivity index (χ0n) is 11.2. The Hall–Kier alpha value is -2.95. The molecular formula is C16H13N3O2. The molecule has 2 heterocycles. The highest BCUT2D eigenvalue weighted by Gasteiger charge is 2.03. The van der Waals surface area contributed by atoms with Gasteiger partial charge in [0.1, 0.15) is 5.82 Å². The van der Waals surface area contributed by atoms with Crippen molar-refractivity contribution in [2.75, 3.05) is 0 Å². The molecule has 2 aromatic heterocycles. The summed E-state index contributed by atoms with van der Waals surface area (Å²) >= 11 is 0. The van der Waals surface area contributed by atoms with Crippen LogP contribution in [-0.4, -0.2) is 26.0 Å². The van der Waals surface area contributed by atoms with Crippen LogP contribution in [0.1, 0.15) is 17.0 Å². The van der Waals surface area contributed by atoms with Crippen molar-refractivity contribution in [2.45, 2.75) is 6.42 Å². The van der Waals surface area contributed by atoms with Crippen LogP contribution in [0.25, 0.3) is 17.1 Å². The van der Waals surface area contributed by atoms with Gasteiger partial charge in [0, 0.05) is 18.7 Å². The maximum absolute atomic E-state index is 10.5. The molecule has 0 fully saturated rings. The van der Waals surface area contributed by atoms with Gasteiger partial charge in [-0.15, -0.1) is 0 Å². The van der Waals surface area contributed by atoms with Crippen molar-refractivity contribution >= 4 is 23.1 Å². The van der Waals surface area contributed by atoms with Crippen LogP contribution in [0.4, 0.5) is 0 Å². The highest BCUT2D eigenvalue weighted by molar-refractivity contribution is 5.85. The third kappa shape index (κ3) is 3.14. The van der Waals surface area contributed by atoms with E-state index >= 15 is 0 Å². The Bertz CT molecular complexity index is 771. The molecule has 5 heteroatoms. The molecule has 0 aliphatic carbocycles. The van der Waals surface area contributed by atoms with Crippen molar-refractivity contribution in [3.05, 3.63) is 65.8 Å². The summed E-state index contributed by atoms with van der Waals surface area (Å²) in [4.78, 5) is 22.3. The summed E-state index contributed by atoms with van der Waals surface area (Å²) in [7, 11) is 0. The number of benzene rings is 1. The molecule has 0 spiro atoms. The molecule has 5 nitrogen and oxygen atoms in total. The average Bonchev–Trinajstić information content (AvgIpc) is 2.88. The highest BCUT2D eigenvalue weighted by atomic mass is 16.4. The zero-order valence-corrected chi connectivity index (χ0v) is 11.2. The molecule has 3 rings (SSSR count). The van der Waals surface area contributed by atoms with Crippen LogP contribution in [0, 0.1) is 0 Å². The lowest BCUT2D eigenvalue weighted by molar-refractivity contribution is -0.131. The van der Waals surface area contributed by atoms with E-state index in [0.29, 0.717) is 6.42 Å². The molecule has 0 aliphatic rings. The Labute approximate surface area is 121 Å². The molecule has 0 aliphatic heterocycles. The van der Waals surface area contributed by atoms with Crippen LogP contribution in [-0.2, 0) is 11.2 Å². The average molecular weight is 279 g/mol. The highest BCUT2D eigenvalue weighted by Crippen LogP contribution is 2.13. The number of hydrogen-bond acceptors (Lipinski definition) is 3. The molecule has 104 valence electrons. The van der Waals surface area contributed by atoms with Gasteiger partial charge in [0.2, 0.25) is 0 Å². The largest absolute Gasteiger partial charge is 0.478 e. The number of aromatic amines is 1. The fourth-order valence-electron chi connectivity index (χ4n) is 2.10. The van der Waals surface area contributed by atoms with Crippen LogP contribution >= 0.6 is 0 Å². The van der Waals surface area contributed by atoms with E-state index in [4.69, 9.17) is 5.11 Å². The summed E-state index contributed by atoms with van der Waals surface area (Å²) in [5.74, 6) is -0.0678. The maximum atomic E-state index is 10.5. The van der Waals surface area contributed by atoms with E-state index in [1.165, 1.54) is 0 Å². The fourth-order valence-corrected chi connectivity index (χ4v) is 2.10. The number of aromatic nitrogens is 3.